The first-order valence-electron chi connectivity index (χ1n) is 8.16. The lowest BCUT2D eigenvalue weighted by molar-refractivity contribution is -0.144. The van der Waals surface area contributed by atoms with Gasteiger partial charge in [0.2, 0.25) is 0 Å². The average molecular weight is 347 g/mol. The summed E-state index contributed by atoms with van der Waals surface area (Å²) < 4.78 is 17.2. The number of carbonyl (C=O) groups excluding carboxylic acids is 2. The van der Waals surface area contributed by atoms with Gasteiger partial charge in [0.05, 0.1) is 25.7 Å². The Morgan fingerprint density at radius 2 is 1.88 bits per heavy atom. The molecule has 2 rings (SSSR count). The van der Waals surface area contributed by atoms with Crippen molar-refractivity contribution in [3.05, 3.63) is 30.0 Å². The van der Waals surface area contributed by atoms with Gasteiger partial charge in [0, 0.05) is 11.6 Å². The number of benzene rings is 1. The Hall–Kier alpha value is -2.50. The van der Waals surface area contributed by atoms with Crippen LogP contribution in [-0.4, -0.2) is 36.5 Å². The molecule has 6 heteroatoms. The molecule has 0 saturated heterocycles. The van der Waals surface area contributed by atoms with E-state index in [1.807, 2.05) is 39.0 Å². The normalized spacial score (nSPS) is 12.7. The molecule has 1 heterocycles. The van der Waals surface area contributed by atoms with Crippen LogP contribution in [0.15, 0.2) is 24.4 Å². The first-order chi connectivity index (χ1) is 11.7. The first kappa shape index (κ1) is 18.8. The SMILES string of the molecule is COC(=O)C(C)Cc1cn(C(=O)OC(C)(C)C)c2cccc(OC)c12. The van der Waals surface area contributed by atoms with Crippen LogP contribution in [0.5, 0.6) is 5.75 Å². The van der Waals surface area contributed by atoms with E-state index in [1.165, 1.54) is 11.7 Å². The maximum atomic E-state index is 12.6. The van der Waals surface area contributed by atoms with Crippen LogP contribution in [0.2, 0.25) is 0 Å². The highest BCUT2D eigenvalue weighted by molar-refractivity contribution is 5.96. The minimum atomic E-state index is -0.605. The zero-order chi connectivity index (χ0) is 18.8. The van der Waals surface area contributed by atoms with Crippen molar-refractivity contribution in [1.82, 2.24) is 4.57 Å². The smallest absolute Gasteiger partial charge is 0.419 e. The molecule has 1 unspecified atom stereocenters. The molecule has 6 nitrogen and oxygen atoms in total. The predicted molar refractivity (Wildman–Crippen MR) is 95.0 cm³/mol. The molecule has 1 aromatic heterocycles. The van der Waals surface area contributed by atoms with Crippen molar-refractivity contribution >= 4 is 23.0 Å². The van der Waals surface area contributed by atoms with Crippen molar-refractivity contribution in [2.24, 2.45) is 5.92 Å². The second-order valence-electron chi connectivity index (χ2n) is 6.99. The van der Waals surface area contributed by atoms with E-state index in [9.17, 15) is 9.59 Å². The lowest BCUT2D eigenvalue weighted by Gasteiger charge is -2.19. The van der Waals surface area contributed by atoms with E-state index in [0.717, 1.165) is 10.9 Å². The van der Waals surface area contributed by atoms with Crippen molar-refractivity contribution in [1.29, 1.82) is 0 Å². The highest BCUT2D eigenvalue weighted by atomic mass is 16.6. The van der Waals surface area contributed by atoms with Gasteiger partial charge in [-0.05, 0) is 44.9 Å². The van der Waals surface area contributed by atoms with Crippen LogP contribution in [0.1, 0.15) is 33.3 Å². The van der Waals surface area contributed by atoms with Crippen LogP contribution in [0.3, 0.4) is 0 Å². The molecule has 2 aromatic rings. The van der Waals surface area contributed by atoms with E-state index in [-0.39, 0.29) is 11.9 Å². The number of nitrogens with zero attached hydrogens (tertiary/aromatic N) is 1. The van der Waals surface area contributed by atoms with Crippen molar-refractivity contribution in [2.45, 2.75) is 39.7 Å². The molecule has 0 aliphatic carbocycles. The molecular formula is C19H25NO5. The summed E-state index contributed by atoms with van der Waals surface area (Å²) in [5.41, 5.74) is 0.906. The molecule has 1 atom stereocenters. The maximum Gasteiger partial charge on any atom is 0.419 e. The van der Waals surface area contributed by atoms with Crippen LogP contribution < -0.4 is 4.74 Å². The Morgan fingerprint density at radius 3 is 2.44 bits per heavy atom. The Labute approximate surface area is 147 Å². The topological polar surface area (TPSA) is 66.8 Å². The third-order valence-corrected chi connectivity index (χ3v) is 3.81. The van der Waals surface area contributed by atoms with Crippen molar-refractivity contribution < 1.29 is 23.8 Å². The minimum absolute atomic E-state index is 0.298. The molecule has 0 aliphatic rings. The molecule has 0 bridgehead atoms. The van der Waals surface area contributed by atoms with Crippen LogP contribution in [0.25, 0.3) is 10.9 Å². The molecule has 1 aromatic carbocycles. The number of methoxy groups -OCH3 is 2. The number of aromatic nitrogens is 1. The summed E-state index contributed by atoms with van der Waals surface area (Å²) in [5.74, 6) is 0.00698. The van der Waals surface area contributed by atoms with Crippen molar-refractivity contribution in [3.63, 3.8) is 0 Å². The predicted octanol–water partition coefficient (Wildman–Crippen LogP) is 3.78. The first-order valence-corrected chi connectivity index (χ1v) is 8.16. The fourth-order valence-electron chi connectivity index (χ4n) is 2.73. The van der Waals surface area contributed by atoms with E-state index in [2.05, 4.69) is 0 Å². The van der Waals surface area contributed by atoms with E-state index >= 15 is 0 Å². The van der Waals surface area contributed by atoms with Crippen molar-refractivity contribution in [3.8, 4) is 5.75 Å². The van der Waals surface area contributed by atoms with Crippen LogP contribution in [0, 0.1) is 5.92 Å². The monoisotopic (exact) mass is 347 g/mol. The number of esters is 1. The van der Waals surface area contributed by atoms with Crippen LogP contribution >= 0.6 is 0 Å². The summed E-state index contributed by atoms with van der Waals surface area (Å²) in [4.78, 5) is 24.4. The van der Waals surface area contributed by atoms with E-state index < -0.39 is 11.7 Å². The second-order valence-corrected chi connectivity index (χ2v) is 6.99. The summed E-state index contributed by atoms with van der Waals surface area (Å²) in [5, 5.41) is 0.798. The molecule has 0 spiro atoms. The Kier molecular flexibility index (Phi) is 5.40. The van der Waals surface area contributed by atoms with Crippen LogP contribution in [-0.2, 0) is 20.7 Å². The number of ether oxygens (including phenoxy) is 3. The van der Waals surface area contributed by atoms with Crippen LogP contribution in [0.4, 0.5) is 4.79 Å². The molecule has 25 heavy (non-hydrogen) atoms. The summed E-state index contributed by atoms with van der Waals surface area (Å²) in [6.07, 6.45) is 1.67. The van der Waals surface area contributed by atoms with E-state index in [0.29, 0.717) is 17.7 Å². The average Bonchev–Trinajstić information content (AvgIpc) is 2.91. The number of fused-ring (bicyclic) bond motifs is 1. The highest BCUT2D eigenvalue weighted by Crippen LogP contribution is 2.32. The Bertz CT molecular complexity index is 785. The lowest BCUT2D eigenvalue weighted by atomic mass is 10.0. The highest BCUT2D eigenvalue weighted by Gasteiger charge is 2.24. The fourth-order valence-corrected chi connectivity index (χ4v) is 2.73. The molecule has 136 valence electrons. The maximum absolute atomic E-state index is 12.6. The zero-order valence-electron chi connectivity index (χ0n) is 15.6. The molecule has 0 aliphatic heterocycles. The number of hydrogen-bond acceptors (Lipinski definition) is 5. The van der Waals surface area contributed by atoms with Crippen molar-refractivity contribution in [2.75, 3.05) is 14.2 Å². The van der Waals surface area contributed by atoms with Gasteiger partial charge in [0.1, 0.15) is 11.4 Å². The third kappa shape index (κ3) is 4.13. The third-order valence-electron chi connectivity index (χ3n) is 3.81. The molecule has 0 N–H and O–H groups in total. The molecular weight excluding hydrogens is 322 g/mol. The van der Waals surface area contributed by atoms with E-state index in [1.54, 1.807) is 20.2 Å². The second kappa shape index (κ2) is 7.17. The molecule has 0 saturated carbocycles. The quantitative estimate of drug-likeness (QED) is 0.787. The molecule has 0 fully saturated rings. The molecule has 0 amide bonds. The summed E-state index contributed by atoms with van der Waals surface area (Å²) >= 11 is 0. The summed E-state index contributed by atoms with van der Waals surface area (Å²) in [6, 6.07) is 5.47. The fraction of sp³-hybridized carbons (Fsp3) is 0.474. The van der Waals surface area contributed by atoms with Gasteiger partial charge in [-0.1, -0.05) is 13.0 Å². The van der Waals surface area contributed by atoms with Gasteiger partial charge in [-0.25, -0.2) is 4.79 Å². The molecule has 0 radical (unpaired) electrons. The minimum Gasteiger partial charge on any atom is -0.496 e. The number of rotatable bonds is 4. The number of carbonyl (C=O) groups is 2. The van der Waals surface area contributed by atoms with Gasteiger partial charge in [-0.3, -0.25) is 9.36 Å². The van der Waals surface area contributed by atoms with Gasteiger partial charge < -0.3 is 14.2 Å². The van der Waals surface area contributed by atoms with Gasteiger partial charge in [-0.2, -0.15) is 0 Å². The Morgan fingerprint density at radius 1 is 1.20 bits per heavy atom. The van der Waals surface area contributed by atoms with Gasteiger partial charge in [0.15, 0.2) is 0 Å². The Balaban J connectivity index is 2.54. The van der Waals surface area contributed by atoms with Gasteiger partial charge in [0.25, 0.3) is 0 Å². The standard InChI is InChI=1S/C19H25NO5/c1-12(17(21)24-6)10-13-11-20(18(22)25-19(2,3)4)14-8-7-9-15(23-5)16(13)14/h7-9,11-12H,10H2,1-6H3. The number of hydrogen-bond donors (Lipinski definition) is 0. The van der Waals surface area contributed by atoms with Gasteiger partial charge in [-0.15, -0.1) is 0 Å². The lowest BCUT2D eigenvalue weighted by Crippen LogP contribution is -2.26. The summed E-state index contributed by atoms with van der Waals surface area (Å²) in [7, 11) is 2.94. The van der Waals surface area contributed by atoms with E-state index in [4.69, 9.17) is 14.2 Å². The largest absolute Gasteiger partial charge is 0.496 e. The van der Waals surface area contributed by atoms with Gasteiger partial charge >= 0.3 is 12.1 Å². The summed E-state index contributed by atoms with van der Waals surface area (Å²) in [6.45, 7) is 7.24. The zero-order valence-corrected chi connectivity index (χ0v) is 15.6.